The van der Waals surface area contributed by atoms with Gasteiger partial charge in [0.1, 0.15) is 16.2 Å². The quantitative estimate of drug-likeness (QED) is 0.436. The number of nitrogens with one attached hydrogen (secondary N) is 3. The highest BCUT2D eigenvalue weighted by Crippen LogP contribution is 2.37. The predicted molar refractivity (Wildman–Crippen MR) is 140 cm³/mol. The number of carbonyl (C=O) groups is 2. The van der Waals surface area contributed by atoms with Crippen LogP contribution in [0.1, 0.15) is 50.2 Å². The molecule has 9 nitrogen and oxygen atoms in total. The van der Waals surface area contributed by atoms with Gasteiger partial charge in [-0.2, -0.15) is 0 Å². The molecule has 0 spiro atoms. The van der Waals surface area contributed by atoms with E-state index in [1.165, 1.54) is 11.3 Å². The molecule has 4 heterocycles. The van der Waals surface area contributed by atoms with Crippen LogP contribution >= 0.6 is 22.7 Å². The number of aromatic nitrogens is 1. The van der Waals surface area contributed by atoms with Gasteiger partial charge in [0.2, 0.25) is 0 Å². The maximum absolute atomic E-state index is 12.8. The molecule has 11 heteroatoms. The van der Waals surface area contributed by atoms with Crippen LogP contribution < -0.4 is 25.6 Å². The second kappa shape index (κ2) is 9.19. The third kappa shape index (κ3) is 5.46. The monoisotopic (exact) mass is 515 g/mol. The van der Waals surface area contributed by atoms with Crippen LogP contribution in [0.5, 0.6) is 5.75 Å². The molecule has 3 aromatic rings. The van der Waals surface area contributed by atoms with Crippen molar-refractivity contribution >= 4 is 60.7 Å². The first-order valence-corrected chi connectivity index (χ1v) is 13.3. The summed E-state index contributed by atoms with van der Waals surface area (Å²) in [5.41, 5.74) is 1.09. The molecule has 186 valence electrons. The highest BCUT2D eigenvalue weighted by Gasteiger charge is 2.26. The second-order valence-corrected chi connectivity index (χ2v) is 11.8. The molecule has 1 atom stereocenters. The zero-order chi connectivity index (χ0) is 24.7. The Labute approximate surface area is 211 Å². The SMILES string of the molecule is CC1Nc2cc(NC(=O)c3cc4sc(N5CCC(NC(=O)OC(C)(C)C)CC5)nc4s3)ccc2O1. The van der Waals surface area contributed by atoms with Gasteiger partial charge in [-0.25, -0.2) is 9.78 Å². The lowest BCUT2D eigenvalue weighted by Crippen LogP contribution is -2.46. The number of amides is 2. The molecule has 0 bridgehead atoms. The van der Waals surface area contributed by atoms with Crippen LogP contribution in [0.4, 0.5) is 21.3 Å². The topological polar surface area (TPSA) is 105 Å². The third-order valence-corrected chi connectivity index (χ3v) is 7.91. The average Bonchev–Trinajstić information content (AvgIpc) is 3.44. The van der Waals surface area contributed by atoms with E-state index in [0.717, 1.165) is 52.0 Å². The Morgan fingerprint density at radius 2 is 1.97 bits per heavy atom. The van der Waals surface area contributed by atoms with E-state index in [1.54, 1.807) is 11.3 Å². The minimum absolute atomic E-state index is 0.0765. The number of benzene rings is 1. The minimum atomic E-state index is -0.501. The fourth-order valence-electron chi connectivity index (χ4n) is 4.12. The molecule has 1 fully saturated rings. The van der Waals surface area contributed by atoms with E-state index in [4.69, 9.17) is 14.5 Å². The number of nitrogens with zero attached hydrogens (tertiary/aromatic N) is 2. The van der Waals surface area contributed by atoms with Crippen LogP contribution in [0.15, 0.2) is 24.3 Å². The van der Waals surface area contributed by atoms with E-state index in [0.29, 0.717) is 10.6 Å². The first-order valence-electron chi connectivity index (χ1n) is 11.7. The van der Waals surface area contributed by atoms with Crippen LogP contribution in [-0.4, -0.2) is 47.9 Å². The van der Waals surface area contributed by atoms with Gasteiger partial charge in [0, 0.05) is 24.8 Å². The summed E-state index contributed by atoms with van der Waals surface area (Å²) in [6, 6.07) is 7.58. The lowest BCUT2D eigenvalue weighted by atomic mass is 10.1. The van der Waals surface area contributed by atoms with Gasteiger partial charge in [-0.3, -0.25) is 4.79 Å². The highest BCUT2D eigenvalue weighted by molar-refractivity contribution is 7.29. The number of carbonyl (C=O) groups excluding carboxylic acids is 2. The van der Waals surface area contributed by atoms with Gasteiger partial charge in [0.05, 0.1) is 15.3 Å². The largest absolute Gasteiger partial charge is 0.469 e. The van der Waals surface area contributed by atoms with Crippen LogP contribution in [0.3, 0.4) is 0 Å². The van der Waals surface area contributed by atoms with Gasteiger partial charge in [-0.15, -0.1) is 11.3 Å². The van der Waals surface area contributed by atoms with Gasteiger partial charge in [0.15, 0.2) is 11.4 Å². The lowest BCUT2D eigenvalue weighted by molar-refractivity contribution is 0.0497. The standard InChI is InChI=1S/C24H29N5O4S2/c1-13-25-16-11-15(5-6-17(16)32-13)26-20(30)18-12-19-21(34-18)28-22(35-19)29-9-7-14(8-10-29)27-23(31)33-24(2,3)4/h5-6,11-14,25H,7-10H2,1-4H3,(H,26,30)(H,27,31). The van der Waals surface area contributed by atoms with Gasteiger partial charge in [-0.05, 0) is 64.8 Å². The molecule has 2 aliphatic heterocycles. The maximum atomic E-state index is 12.8. The summed E-state index contributed by atoms with van der Waals surface area (Å²) in [4.78, 5) is 33.4. The van der Waals surface area contributed by atoms with Crippen molar-refractivity contribution in [3.05, 3.63) is 29.1 Å². The molecule has 2 aliphatic rings. The molecule has 0 aliphatic carbocycles. The molecule has 5 rings (SSSR count). The van der Waals surface area contributed by atoms with E-state index in [1.807, 2.05) is 52.0 Å². The number of thiazole rings is 1. The summed E-state index contributed by atoms with van der Waals surface area (Å²) in [6.45, 7) is 9.13. The predicted octanol–water partition coefficient (Wildman–Crippen LogP) is 5.25. The van der Waals surface area contributed by atoms with Crippen molar-refractivity contribution in [1.29, 1.82) is 0 Å². The van der Waals surface area contributed by atoms with Gasteiger partial charge in [-0.1, -0.05) is 11.3 Å². The van der Waals surface area contributed by atoms with Crippen molar-refractivity contribution in [2.75, 3.05) is 28.6 Å². The molecule has 35 heavy (non-hydrogen) atoms. The summed E-state index contributed by atoms with van der Waals surface area (Å²) in [5, 5.41) is 10.1. The van der Waals surface area contributed by atoms with Gasteiger partial charge in [0.25, 0.3) is 5.91 Å². The maximum Gasteiger partial charge on any atom is 0.407 e. The Morgan fingerprint density at radius 3 is 2.69 bits per heavy atom. The zero-order valence-corrected chi connectivity index (χ0v) is 21.8. The molecular weight excluding hydrogens is 486 g/mol. The summed E-state index contributed by atoms with van der Waals surface area (Å²) >= 11 is 2.99. The number of hydrogen-bond acceptors (Lipinski definition) is 9. The minimum Gasteiger partial charge on any atom is -0.469 e. The van der Waals surface area contributed by atoms with Crippen LogP contribution in [0, 0.1) is 0 Å². The molecule has 0 radical (unpaired) electrons. The molecule has 1 unspecified atom stereocenters. The first kappa shape index (κ1) is 23.7. The van der Waals surface area contributed by atoms with E-state index >= 15 is 0 Å². The van der Waals surface area contributed by atoms with Crippen LogP contribution in [0.2, 0.25) is 0 Å². The van der Waals surface area contributed by atoms with Crippen molar-refractivity contribution in [2.24, 2.45) is 0 Å². The van der Waals surface area contributed by atoms with E-state index in [2.05, 4.69) is 20.9 Å². The number of thiophene rings is 1. The van der Waals surface area contributed by atoms with E-state index in [9.17, 15) is 9.59 Å². The first-order chi connectivity index (χ1) is 16.6. The van der Waals surface area contributed by atoms with E-state index < -0.39 is 5.60 Å². The molecule has 1 saturated heterocycles. The zero-order valence-electron chi connectivity index (χ0n) is 20.1. The summed E-state index contributed by atoms with van der Waals surface area (Å²) in [7, 11) is 0. The van der Waals surface area contributed by atoms with Crippen LogP contribution in [0.25, 0.3) is 9.53 Å². The fourth-order valence-corrected chi connectivity index (χ4v) is 6.27. The average molecular weight is 516 g/mol. The Hall–Kier alpha value is -3.05. The van der Waals surface area contributed by atoms with Crippen molar-refractivity contribution < 1.29 is 19.1 Å². The third-order valence-electron chi connectivity index (χ3n) is 5.69. The van der Waals surface area contributed by atoms with Crippen molar-refractivity contribution in [2.45, 2.75) is 58.4 Å². The van der Waals surface area contributed by atoms with Crippen LogP contribution in [-0.2, 0) is 4.74 Å². The normalized spacial score (nSPS) is 18.1. The number of ether oxygens (including phenoxy) is 2. The number of rotatable bonds is 4. The highest BCUT2D eigenvalue weighted by atomic mass is 32.1. The Morgan fingerprint density at radius 1 is 1.20 bits per heavy atom. The number of piperidine rings is 1. The number of alkyl carbamates (subject to hydrolysis) is 1. The Balaban J connectivity index is 1.17. The van der Waals surface area contributed by atoms with Crippen molar-refractivity contribution in [3.8, 4) is 5.75 Å². The summed E-state index contributed by atoms with van der Waals surface area (Å²) in [6.07, 6.45) is 1.22. The molecule has 0 saturated carbocycles. The molecular formula is C24H29N5O4S2. The molecule has 1 aromatic carbocycles. The number of anilines is 3. The summed E-state index contributed by atoms with van der Waals surface area (Å²) < 4.78 is 12.0. The number of fused-ring (bicyclic) bond motifs is 2. The smallest absolute Gasteiger partial charge is 0.407 e. The van der Waals surface area contributed by atoms with E-state index in [-0.39, 0.29) is 24.3 Å². The fraction of sp³-hybridized carbons (Fsp3) is 0.458. The molecule has 3 N–H and O–H groups in total. The lowest BCUT2D eigenvalue weighted by Gasteiger charge is -2.32. The molecule has 2 amide bonds. The van der Waals surface area contributed by atoms with Gasteiger partial charge >= 0.3 is 6.09 Å². The van der Waals surface area contributed by atoms with Crippen molar-refractivity contribution in [1.82, 2.24) is 10.3 Å². The summed E-state index contributed by atoms with van der Waals surface area (Å²) in [5.74, 6) is 0.635. The molecule has 2 aromatic heterocycles. The second-order valence-electron chi connectivity index (χ2n) is 9.75. The van der Waals surface area contributed by atoms with Gasteiger partial charge < -0.3 is 30.3 Å². The van der Waals surface area contributed by atoms with Crippen molar-refractivity contribution in [3.63, 3.8) is 0 Å². The Kier molecular flexibility index (Phi) is 6.22. The number of hydrogen-bond donors (Lipinski definition) is 3. The Bertz CT molecular complexity index is 1230.